The Hall–Kier alpha value is -3.12. The van der Waals surface area contributed by atoms with Crippen LogP contribution in [0.25, 0.3) is 5.69 Å². The van der Waals surface area contributed by atoms with Crippen molar-refractivity contribution in [3.05, 3.63) is 71.9 Å². The molecule has 1 saturated heterocycles. The minimum Gasteiger partial charge on any atom is -0.439 e. The molecule has 3 aromatic rings. The van der Waals surface area contributed by atoms with Crippen molar-refractivity contribution in [1.82, 2.24) is 14.7 Å². The van der Waals surface area contributed by atoms with Crippen LogP contribution in [0.2, 0.25) is 0 Å². The lowest BCUT2D eigenvalue weighted by Gasteiger charge is -2.26. The number of benzene rings is 2. The van der Waals surface area contributed by atoms with Crippen LogP contribution in [0.15, 0.2) is 60.7 Å². The van der Waals surface area contributed by atoms with Crippen LogP contribution in [0, 0.1) is 12.8 Å². The molecule has 166 valence electrons. The van der Waals surface area contributed by atoms with E-state index in [1.54, 1.807) is 0 Å². The predicted molar refractivity (Wildman–Crippen MR) is 122 cm³/mol. The predicted octanol–water partition coefficient (Wildman–Crippen LogP) is 4.89. The van der Waals surface area contributed by atoms with Gasteiger partial charge in [-0.05, 0) is 56.9 Å². The third kappa shape index (κ3) is 4.55. The van der Waals surface area contributed by atoms with E-state index in [1.165, 1.54) is 0 Å². The largest absolute Gasteiger partial charge is 0.439 e. The summed E-state index contributed by atoms with van der Waals surface area (Å²) in [5, 5.41) is 4.80. The molecule has 0 spiro atoms. The van der Waals surface area contributed by atoms with Gasteiger partial charge in [0.2, 0.25) is 11.8 Å². The maximum Gasteiger partial charge on any atom is 0.227 e. The van der Waals surface area contributed by atoms with Gasteiger partial charge in [-0.25, -0.2) is 4.68 Å². The van der Waals surface area contributed by atoms with Gasteiger partial charge in [0.25, 0.3) is 0 Å². The van der Waals surface area contributed by atoms with Crippen LogP contribution in [0.1, 0.15) is 36.9 Å². The van der Waals surface area contributed by atoms with E-state index in [4.69, 9.17) is 14.6 Å². The van der Waals surface area contributed by atoms with Crippen LogP contribution in [0.3, 0.4) is 0 Å². The van der Waals surface area contributed by atoms with Gasteiger partial charge in [0, 0.05) is 19.1 Å². The monoisotopic (exact) mass is 431 g/mol. The van der Waals surface area contributed by atoms with Crippen LogP contribution in [-0.2, 0) is 16.1 Å². The molecule has 0 bridgehead atoms. The van der Waals surface area contributed by atoms with E-state index >= 15 is 0 Å². The number of hydrogen-bond acceptors (Lipinski definition) is 4. The van der Waals surface area contributed by atoms with Crippen molar-refractivity contribution in [2.75, 3.05) is 13.2 Å². The highest BCUT2D eigenvalue weighted by molar-refractivity contribution is 5.81. The van der Waals surface area contributed by atoms with Gasteiger partial charge in [0.15, 0.2) is 0 Å². The molecule has 2 aliphatic rings. The third-order valence-corrected chi connectivity index (χ3v) is 6.13. The Bertz CT molecular complexity index is 1050. The number of nitrogens with zero attached hydrogens (tertiary/aromatic N) is 3. The van der Waals surface area contributed by atoms with Gasteiger partial charge in [-0.3, -0.25) is 4.79 Å². The van der Waals surface area contributed by atoms with E-state index in [1.807, 2.05) is 77.2 Å². The zero-order chi connectivity index (χ0) is 21.9. The van der Waals surface area contributed by atoms with Gasteiger partial charge in [0.1, 0.15) is 5.75 Å². The Morgan fingerprint density at radius 2 is 1.81 bits per heavy atom. The molecule has 1 amide bonds. The molecule has 1 aromatic heterocycles. The summed E-state index contributed by atoms with van der Waals surface area (Å²) in [6, 6.07) is 19.7. The van der Waals surface area contributed by atoms with Gasteiger partial charge in [-0.2, -0.15) is 5.10 Å². The number of hydrogen-bond donors (Lipinski definition) is 0. The summed E-state index contributed by atoms with van der Waals surface area (Å²) in [4.78, 5) is 15.1. The number of aryl methyl sites for hydroxylation is 1. The van der Waals surface area contributed by atoms with Gasteiger partial charge < -0.3 is 14.4 Å². The lowest BCUT2D eigenvalue weighted by atomic mass is 10.1. The first-order valence-electron chi connectivity index (χ1n) is 11.5. The number of aromatic nitrogens is 2. The van der Waals surface area contributed by atoms with Crippen LogP contribution < -0.4 is 4.74 Å². The molecule has 1 atom stereocenters. The van der Waals surface area contributed by atoms with Gasteiger partial charge in [0.05, 0.1) is 29.6 Å². The number of rotatable bonds is 8. The lowest BCUT2D eigenvalue weighted by Crippen LogP contribution is -2.38. The number of carbonyl (C=O) groups excluding carboxylic acids is 1. The highest BCUT2D eigenvalue weighted by atomic mass is 16.5. The zero-order valence-corrected chi connectivity index (χ0v) is 18.4. The second kappa shape index (κ2) is 9.17. The molecule has 32 heavy (non-hydrogen) atoms. The van der Waals surface area contributed by atoms with E-state index < -0.39 is 0 Å². The Morgan fingerprint density at radius 1 is 1.09 bits per heavy atom. The van der Waals surface area contributed by atoms with Crippen molar-refractivity contribution in [2.45, 2.75) is 45.3 Å². The molecule has 1 aliphatic carbocycles. The van der Waals surface area contributed by atoms with Crippen LogP contribution >= 0.6 is 0 Å². The standard InChI is InChI=1S/C26H29N3O3/c1-19-24(18-28(25(30)20-14-15-20)17-23-13-8-16-31-23)26(32-22-11-6-3-7-12-22)29(27-19)21-9-4-2-5-10-21/h2-7,9-12,20,23H,8,13-18H2,1H3. The molecule has 0 radical (unpaired) electrons. The fraction of sp³-hybridized carbons (Fsp3) is 0.385. The molecule has 2 fully saturated rings. The molecule has 1 aliphatic heterocycles. The quantitative estimate of drug-likeness (QED) is 0.510. The minimum atomic E-state index is 0.112. The second-order valence-corrected chi connectivity index (χ2v) is 8.66. The second-order valence-electron chi connectivity index (χ2n) is 8.66. The molecule has 2 heterocycles. The molecule has 6 nitrogen and oxygen atoms in total. The van der Waals surface area contributed by atoms with Crippen LogP contribution in [0.5, 0.6) is 11.6 Å². The summed E-state index contributed by atoms with van der Waals surface area (Å²) in [7, 11) is 0. The number of amides is 1. The lowest BCUT2D eigenvalue weighted by molar-refractivity contribution is -0.134. The molecule has 6 heteroatoms. The summed E-state index contributed by atoms with van der Waals surface area (Å²) >= 11 is 0. The smallest absolute Gasteiger partial charge is 0.227 e. The summed E-state index contributed by atoms with van der Waals surface area (Å²) in [6.45, 7) is 3.86. The Balaban J connectivity index is 1.50. The van der Waals surface area contributed by atoms with Crippen molar-refractivity contribution in [3.8, 4) is 17.3 Å². The van der Waals surface area contributed by atoms with E-state index in [-0.39, 0.29) is 17.9 Å². The average molecular weight is 432 g/mol. The van der Waals surface area contributed by atoms with E-state index in [0.29, 0.717) is 19.0 Å². The molecule has 1 saturated carbocycles. The van der Waals surface area contributed by atoms with Crippen molar-refractivity contribution in [2.24, 2.45) is 5.92 Å². The number of ether oxygens (including phenoxy) is 2. The van der Waals surface area contributed by atoms with Crippen molar-refractivity contribution >= 4 is 5.91 Å². The first-order chi connectivity index (χ1) is 15.7. The van der Waals surface area contributed by atoms with E-state index in [9.17, 15) is 4.79 Å². The summed E-state index contributed by atoms with van der Waals surface area (Å²) in [6.07, 6.45) is 4.14. The topological polar surface area (TPSA) is 56.6 Å². The molecule has 0 N–H and O–H groups in total. The molecule has 5 rings (SSSR count). The van der Waals surface area contributed by atoms with E-state index in [0.717, 1.165) is 55.0 Å². The number of carbonyl (C=O) groups is 1. The van der Waals surface area contributed by atoms with Crippen molar-refractivity contribution in [3.63, 3.8) is 0 Å². The molecular weight excluding hydrogens is 402 g/mol. The highest BCUT2D eigenvalue weighted by Crippen LogP contribution is 2.35. The van der Waals surface area contributed by atoms with Gasteiger partial charge in [-0.15, -0.1) is 0 Å². The first-order valence-corrected chi connectivity index (χ1v) is 11.5. The maximum atomic E-state index is 13.2. The SMILES string of the molecule is Cc1nn(-c2ccccc2)c(Oc2ccccc2)c1CN(CC1CCCO1)C(=O)C1CC1. The maximum absolute atomic E-state index is 13.2. The third-order valence-electron chi connectivity index (χ3n) is 6.13. The van der Waals surface area contributed by atoms with Crippen LogP contribution in [0.4, 0.5) is 0 Å². The highest BCUT2D eigenvalue weighted by Gasteiger charge is 2.36. The molecule has 1 unspecified atom stereocenters. The average Bonchev–Trinajstić information content (AvgIpc) is 3.47. The molecule has 2 aromatic carbocycles. The van der Waals surface area contributed by atoms with Gasteiger partial charge >= 0.3 is 0 Å². The summed E-state index contributed by atoms with van der Waals surface area (Å²) in [5.41, 5.74) is 2.72. The fourth-order valence-electron chi connectivity index (χ4n) is 4.22. The van der Waals surface area contributed by atoms with Gasteiger partial charge in [-0.1, -0.05) is 36.4 Å². The first kappa shape index (κ1) is 20.8. The van der Waals surface area contributed by atoms with Crippen molar-refractivity contribution in [1.29, 1.82) is 0 Å². The Morgan fingerprint density at radius 3 is 2.47 bits per heavy atom. The molecular formula is C26H29N3O3. The van der Waals surface area contributed by atoms with Crippen LogP contribution in [-0.4, -0.2) is 39.8 Å². The van der Waals surface area contributed by atoms with E-state index in [2.05, 4.69) is 0 Å². The zero-order valence-electron chi connectivity index (χ0n) is 18.4. The Labute approximate surface area is 188 Å². The summed E-state index contributed by atoms with van der Waals surface area (Å²) in [5.74, 6) is 1.77. The number of para-hydroxylation sites is 2. The fourth-order valence-corrected chi connectivity index (χ4v) is 4.22. The summed E-state index contributed by atoms with van der Waals surface area (Å²) < 4.78 is 14.1. The van der Waals surface area contributed by atoms with Crippen molar-refractivity contribution < 1.29 is 14.3 Å². The Kier molecular flexibility index (Phi) is 5.95. The minimum absolute atomic E-state index is 0.112. The normalized spacial score (nSPS) is 18.0.